The number of hydrogen-bond acceptors (Lipinski definition) is 5. The molecule has 128 valence electrons. The molecule has 6 heteroatoms. The van der Waals surface area contributed by atoms with E-state index in [-0.39, 0.29) is 11.9 Å². The van der Waals surface area contributed by atoms with Gasteiger partial charge in [-0.05, 0) is 24.6 Å². The van der Waals surface area contributed by atoms with E-state index in [1.54, 1.807) is 17.3 Å². The first kappa shape index (κ1) is 16.8. The number of hydrogen-bond donors (Lipinski definition) is 0. The van der Waals surface area contributed by atoms with Gasteiger partial charge in [0, 0.05) is 37.8 Å². The molecule has 2 heterocycles. The van der Waals surface area contributed by atoms with Crippen LogP contribution in [0.15, 0.2) is 59.4 Å². The third-order valence-electron chi connectivity index (χ3n) is 4.22. The quantitative estimate of drug-likeness (QED) is 0.691. The van der Waals surface area contributed by atoms with Gasteiger partial charge in [-0.2, -0.15) is 4.98 Å². The lowest BCUT2D eigenvalue weighted by Gasteiger charge is -2.25. The van der Waals surface area contributed by atoms with E-state index in [1.807, 2.05) is 56.4 Å². The first-order valence-corrected chi connectivity index (χ1v) is 8.18. The van der Waals surface area contributed by atoms with Crippen LogP contribution in [0.4, 0.5) is 0 Å². The molecule has 0 aliphatic carbocycles. The van der Waals surface area contributed by atoms with Gasteiger partial charge in [-0.15, -0.1) is 0 Å². The number of aryl methyl sites for hydroxylation is 1. The molecule has 6 nitrogen and oxygen atoms in total. The highest BCUT2D eigenvalue weighted by Gasteiger charge is 2.18. The second kappa shape index (κ2) is 7.70. The van der Waals surface area contributed by atoms with Gasteiger partial charge in [0.25, 0.3) is 0 Å². The zero-order valence-electron chi connectivity index (χ0n) is 14.3. The number of carbonyl (C=O) groups excluding carboxylic acids is 1. The Labute approximate surface area is 146 Å². The first-order valence-electron chi connectivity index (χ1n) is 8.18. The number of rotatable bonds is 6. The highest BCUT2D eigenvalue weighted by atomic mass is 16.5. The fourth-order valence-corrected chi connectivity index (χ4v) is 2.54. The Hall–Kier alpha value is -3.02. The van der Waals surface area contributed by atoms with Crippen molar-refractivity contribution in [1.82, 2.24) is 20.0 Å². The average Bonchev–Trinajstić information content (AvgIpc) is 3.15. The van der Waals surface area contributed by atoms with Crippen molar-refractivity contribution in [1.29, 1.82) is 0 Å². The molecule has 0 fully saturated rings. The van der Waals surface area contributed by atoms with Crippen molar-refractivity contribution in [3.05, 3.63) is 66.3 Å². The van der Waals surface area contributed by atoms with Crippen molar-refractivity contribution < 1.29 is 9.32 Å². The Morgan fingerprint density at radius 1 is 1.16 bits per heavy atom. The number of pyridine rings is 1. The molecule has 0 saturated heterocycles. The molecule has 1 unspecified atom stereocenters. The molecule has 0 N–H and O–H groups in total. The highest BCUT2D eigenvalue weighted by Crippen LogP contribution is 2.20. The van der Waals surface area contributed by atoms with Crippen LogP contribution in [0.3, 0.4) is 0 Å². The third kappa shape index (κ3) is 4.09. The SMILES string of the molecule is CC(c1ccccc1)N(C)C(=O)CCc1nc(-c2ccncc2)no1. The molecular formula is C19H20N4O2. The molecular weight excluding hydrogens is 316 g/mol. The normalized spacial score (nSPS) is 11.9. The first-order chi connectivity index (χ1) is 12.1. The third-order valence-corrected chi connectivity index (χ3v) is 4.22. The van der Waals surface area contributed by atoms with Gasteiger partial charge in [-0.25, -0.2) is 0 Å². The summed E-state index contributed by atoms with van der Waals surface area (Å²) in [5, 5.41) is 3.95. The summed E-state index contributed by atoms with van der Waals surface area (Å²) in [6.07, 6.45) is 4.10. The van der Waals surface area contributed by atoms with Crippen molar-refractivity contribution >= 4 is 5.91 Å². The van der Waals surface area contributed by atoms with Crippen LogP contribution in [0.1, 0.15) is 30.8 Å². The molecule has 1 amide bonds. The Balaban J connectivity index is 1.58. The minimum absolute atomic E-state index is 0.0174. The maximum Gasteiger partial charge on any atom is 0.227 e. The standard InChI is InChI=1S/C19H20N4O2/c1-14(15-6-4-3-5-7-15)23(2)18(24)9-8-17-21-19(22-25-17)16-10-12-20-13-11-16/h3-7,10-14H,8-9H2,1-2H3. The maximum atomic E-state index is 12.4. The Bertz CT molecular complexity index is 818. The lowest BCUT2D eigenvalue weighted by molar-refractivity contribution is -0.131. The number of aromatic nitrogens is 3. The second-order valence-electron chi connectivity index (χ2n) is 5.84. The van der Waals surface area contributed by atoms with Gasteiger partial charge in [0.2, 0.25) is 17.6 Å². The summed E-state index contributed by atoms with van der Waals surface area (Å²) < 4.78 is 5.24. The summed E-state index contributed by atoms with van der Waals surface area (Å²) in [5.41, 5.74) is 1.95. The summed E-state index contributed by atoms with van der Waals surface area (Å²) in [4.78, 5) is 22.5. The molecule has 25 heavy (non-hydrogen) atoms. The zero-order chi connectivity index (χ0) is 17.6. The molecule has 3 aromatic rings. The van der Waals surface area contributed by atoms with Crippen LogP contribution in [-0.2, 0) is 11.2 Å². The van der Waals surface area contributed by atoms with E-state index < -0.39 is 0 Å². The minimum atomic E-state index is 0.0174. The van der Waals surface area contributed by atoms with Crippen LogP contribution in [0, 0.1) is 0 Å². The van der Waals surface area contributed by atoms with Gasteiger partial charge in [0.15, 0.2) is 0 Å². The summed E-state index contributed by atoms with van der Waals surface area (Å²) >= 11 is 0. The van der Waals surface area contributed by atoms with E-state index >= 15 is 0 Å². The van der Waals surface area contributed by atoms with Gasteiger partial charge < -0.3 is 9.42 Å². The predicted molar refractivity (Wildman–Crippen MR) is 93.5 cm³/mol. The summed E-state index contributed by atoms with van der Waals surface area (Å²) in [6.45, 7) is 2.02. The molecule has 0 bridgehead atoms. The monoisotopic (exact) mass is 336 g/mol. The van der Waals surface area contributed by atoms with Crippen LogP contribution < -0.4 is 0 Å². The average molecular weight is 336 g/mol. The Morgan fingerprint density at radius 3 is 2.60 bits per heavy atom. The largest absolute Gasteiger partial charge is 0.339 e. The molecule has 0 spiro atoms. The number of amides is 1. The fraction of sp³-hybridized carbons (Fsp3) is 0.263. The maximum absolute atomic E-state index is 12.4. The van der Waals surface area contributed by atoms with Crippen LogP contribution >= 0.6 is 0 Å². The van der Waals surface area contributed by atoms with E-state index in [4.69, 9.17) is 4.52 Å². The molecule has 3 rings (SSSR count). The Kier molecular flexibility index (Phi) is 5.18. The lowest BCUT2D eigenvalue weighted by Crippen LogP contribution is -2.29. The molecule has 1 aromatic carbocycles. The van der Waals surface area contributed by atoms with Crippen molar-refractivity contribution in [2.24, 2.45) is 0 Å². The van der Waals surface area contributed by atoms with Crippen molar-refractivity contribution in [3.63, 3.8) is 0 Å². The van der Waals surface area contributed by atoms with Gasteiger partial charge in [0.1, 0.15) is 0 Å². The summed E-state index contributed by atoms with van der Waals surface area (Å²) in [6, 6.07) is 13.6. The van der Waals surface area contributed by atoms with Gasteiger partial charge in [-0.3, -0.25) is 9.78 Å². The summed E-state index contributed by atoms with van der Waals surface area (Å²) in [5.74, 6) is 1.01. The zero-order valence-corrected chi connectivity index (χ0v) is 14.3. The second-order valence-corrected chi connectivity index (χ2v) is 5.84. The smallest absolute Gasteiger partial charge is 0.227 e. The predicted octanol–water partition coefficient (Wildman–Crippen LogP) is 3.28. The van der Waals surface area contributed by atoms with Crippen LogP contribution in [0.25, 0.3) is 11.4 Å². The molecule has 0 radical (unpaired) electrons. The van der Waals surface area contributed by atoms with E-state index in [0.29, 0.717) is 24.6 Å². The number of nitrogens with zero attached hydrogens (tertiary/aromatic N) is 4. The van der Waals surface area contributed by atoms with E-state index in [9.17, 15) is 4.79 Å². The fourth-order valence-electron chi connectivity index (χ4n) is 2.54. The van der Waals surface area contributed by atoms with Crippen molar-refractivity contribution in [2.75, 3.05) is 7.05 Å². The van der Waals surface area contributed by atoms with E-state index in [2.05, 4.69) is 15.1 Å². The number of carbonyl (C=O) groups is 1. The summed E-state index contributed by atoms with van der Waals surface area (Å²) in [7, 11) is 1.82. The molecule has 0 saturated carbocycles. The van der Waals surface area contributed by atoms with Gasteiger partial charge >= 0.3 is 0 Å². The van der Waals surface area contributed by atoms with Crippen molar-refractivity contribution in [3.8, 4) is 11.4 Å². The Morgan fingerprint density at radius 2 is 1.88 bits per heavy atom. The van der Waals surface area contributed by atoms with Gasteiger partial charge in [0.05, 0.1) is 6.04 Å². The van der Waals surface area contributed by atoms with Gasteiger partial charge in [-0.1, -0.05) is 35.5 Å². The van der Waals surface area contributed by atoms with Crippen molar-refractivity contribution in [2.45, 2.75) is 25.8 Å². The topological polar surface area (TPSA) is 72.1 Å². The number of benzene rings is 1. The molecule has 0 aliphatic heterocycles. The highest BCUT2D eigenvalue weighted by molar-refractivity contribution is 5.76. The van der Waals surface area contributed by atoms with Crippen LogP contribution in [0.5, 0.6) is 0 Å². The molecule has 2 aromatic heterocycles. The van der Waals surface area contributed by atoms with E-state index in [0.717, 1.165) is 11.1 Å². The van der Waals surface area contributed by atoms with Crippen LogP contribution in [-0.4, -0.2) is 33.0 Å². The van der Waals surface area contributed by atoms with Crippen LogP contribution in [0.2, 0.25) is 0 Å². The van der Waals surface area contributed by atoms with E-state index in [1.165, 1.54) is 0 Å². The lowest BCUT2D eigenvalue weighted by atomic mass is 10.1. The molecule has 0 aliphatic rings. The minimum Gasteiger partial charge on any atom is -0.339 e. The molecule has 1 atom stereocenters.